The molecule has 1 aliphatic rings. The second-order valence-electron chi connectivity index (χ2n) is 8.14. The highest BCUT2D eigenvalue weighted by Crippen LogP contribution is 2.30. The van der Waals surface area contributed by atoms with Crippen LogP contribution in [0.1, 0.15) is 35.6 Å². The first-order chi connectivity index (χ1) is 15.5. The van der Waals surface area contributed by atoms with E-state index in [2.05, 4.69) is 16.0 Å². The van der Waals surface area contributed by atoms with Gasteiger partial charge in [-0.25, -0.2) is 0 Å². The second-order valence-corrected chi connectivity index (χ2v) is 8.55. The number of halogens is 1. The second kappa shape index (κ2) is 9.98. The average molecular weight is 448 g/mol. The standard InChI is InChI=1S/C26H26ClN3O2/c1-17-10-13-22(15-23(17)27)30-26(32)24(19-7-3-2-4-8-19)28-16-18-6-5-9-21(14-18)29-25(31)20-11-12-20/h2-10,13-15,20,24,28H,11-12,16H2,1H3,(H,29,31)(H,30,32). The lowest BCUT2D eigenvalue weighted by Gasteiger charge is -2.19. The number of anilines is 2. The lowest BCUT2D eigenvalue weighted by Crippen LogP contribution is -2.32. The third-order valence-corrected chi connectivity index (χ3v) is 5.89. The van der Waals surface area contributed by atoms with E-state index in [1.54, 1.807) is 6.07 Å². The molecule has 3 N–H and O–H groups in total. The Morgan fingerprint density at radius 1 is 0.938 bits per heavy atom. The van der Waals surface area contributed by atoms with E-state index in [0.29, 0.717) is 17.3 Å². The summed E-state index contributed by atoms with van der Waals surface area (Å²) in [5.41, 5.74) is 4.22. The lowest BCUT2D eigenvalue weighted by atomic mass is 10.1. The minimum atomic E-state index is -0.555. The molecule has 32 heavy (non-hydrogen) atoms. The highest BCUT2D eigenvalue weighted by Gasteiger charge is 2.29. The van der Waals surface area contributed by atoms with Gasteiger partial charge in [0.2, 0.25) is 11.8 Å². The van der Waals surface area contributed by atoms with Crippen LogP contribution in [-0.2, 0) is 16.1 Å². The Morgan fingerprint density at radius 3 is 2.41 bits per heavy atom. The Balaban J connectivity index is 1.47. The number of hydrogen-bond acceptors (Lipinski definition) is 3. The van der Waals surface area contributed by atoms with Gasteiger partial charge in [0, 0.05) is 28.9 Å². The molecule has 0 bridgehead atoms. The number of rotatable bonds is 8. The van der Waals surface area contributed by atoms with E-state index >= 15 is 0 Å². The number of amides is 2. The number of aryl methyl sites for hydroxylation is 1. The van der Waals surface area contributed by atoms with Crippen molar-refractivity contribution in [1.82, 2.24) is 5.32 Å². The van der Waals surface area contributed by atoms with Gasteiger partial charge in [-0.1, -0.05) is 60.1 Å². The number of benzene rings is 3. The first kappa shape index (κ1) is 22.1. The zero-order chi connectivity index (χ0) is 22.5. The monoisotopic (exact) mass is 447 g/mol. The fourth-order valence-electron chi connectivity index (χ4n) is 3.46. The minimum Gasteiger partial charge on any atom is -0.326 e. The van der Waals surface area contributed by atoms with Gasteiger partial charge < -0.3 is 10.6 Å². The van der Waals surface area contributed by atoms with E-state index in [1.807, 2.05) is 73.7 Å². The maximum Gasteiger partial charge on any atom is 0.246 e. The topological polar surface area (TPSA) is 70.2 Å². The molecule has 1 aliphatic carbocycles. The largest absolute Gasteiger partial charge is 0.326 e. The van der Waals surface area contributed by atoms with Crippen molar-refractivity contribution in [2.45, 2.75) is 32.4 Å². The van der Waals surface area contributed by atoms with Gasteiger partial charge >= 0.3 is 0 Å². The quantitative estimate of drug-likeness (QED) is 0.429. The van der Waals surface area contributed by atoms with Crippen molar-refractivity contribution in [3.63, 3.8) is 0 Å². The summed E-state index contributed by atoms with van der Waals surface area (Å²) in [5.74, 6) is 0.0564. The van der Waals surface area contributed by atoms with E-state index in [0.717, 1.165) is 35.2 Å². The normalized spacial score (nSPS) is 13.9. The maximum atomic E-state index is 13.2. The maximum absolute atomic E-state index is 13.2. The van der Waals surface area contributed by atoms with Crippen LogP contribution in [0.3, 0.4) is 0 Å². The van der Waals surface area contributed by atoms with Crippen LogP contribution in [0.2, 0.25) is 5.02 Å². The molecule has 0 aromatic heterocycles. The Morgan fingerprint density at radius 2 is 1.69 bits per heavy atom. The van der Waals surface area contributed by atoms with Crippen LogP contribution >= 0.6 is 11.6 Å². The molecule has 1 saturated carbocycles. The Bertz CT molecular complexity index is 1110. The zero-order valence-electron chi connectivity index (χ0n) is 17.9. The molecule has 0 spiro atoms. The van der Waals surface area contributed by atoms with Crippen molar-refractivity contribution in [1.29, 1.82) is 0 Å². The first-order valence-corrected chi connectivity index (χ1v) is 11.1. The Labute approximate surface area is 193 Å². The highest BCUT2D eigenvalue weighted by atomic mass is 35.5. The molecule has 0 radical (unpaired) electrons. The first-order valence-electron chi connectivity index (χ1n) is 10.7. The smallest absolute Gasteiger partial charge is 0.246 e. The van der Waals surface area contributed by atoms with Gasteiger partial charge in [-0.3, -0.25) is 14.9 Å². The van der Waals surface area contributed by atoms with E-state index in [4.69, 9.17) is 11.6 Å². The molecule has 0 heterocycles. The molecule has 2 amide bonds. The van der Waals surface area contributed by atoms with Crippen molar-refractivity contribution in [3.8, 4) is 0 Å². The molecule has 6 heteroatoms. The molecule has 0 saturated heterocycles. The summed E-state index contributed by atoms with van der Waals surface area (Å²) in [6.07, 6.45) is 1.93. The summed E-state index contributed by atoms with van der Waals surface area (Å²) in [6.45, 7) is 2.39. The van der Waals surface area contributed by atoms with E-state index < -0.39 is 6.04 Å². The summed E-state index contributed by atoms with van der Waals surface area (Å²) in [4.78, 5) is 25.2. The molecule has 3 aromatic carbocycles. The average Bonchev–Trinajstić information content (AvgIpc) is 3.63. The molecule has 164 valence electrons. The van der Waals surface area contributed by atoms with Gasteiger partial charge in [0.05, 0.1) is 0 Å². The van der Waals surface area contributed by atoms with Crippen LogP contribution in [-0.4, -0.2) is 11.8 Å². The summed E-state index contributed by atoms with van der Waals surface area (Å²) in [6, 6.07) is 22.2. The van der Waals surface area contributed by atoms with Gasteiger partial charge in [-0.15, -0.1) is 0 Å². The van der Waals surface area contributed by atoms with Gasteiger partial charge in [0.1, 0.15) is 6.04 Å². The molecule has 0 aliphatic heterocycles. The Kier molecular flexibility index (Phi) is 6.88. The summed E-state index contributed by atoms with van der Waals surface area (Å²) in [7, 11) is 0. The van der Waals surface area contributed by atoms with Crippen molar-refractivity contribution in [2.75, 3.05) is 10.6 Å². The summed E-state index contributed by atoms with van der Waals surface area (Å²) >= 11 is 6.21. The van der Waals surface area contributed by atoms with Crippen LogP contribution in [0.15, 0.2) is 72.8 Å². The van der Waals surface area contributed by atoms with Crippen LogP contribution in [0, 0.1) is 12.8 Å². The van der Waals surface area contributed by atoms with Crippen LogP contribution in [0.4, 0.5) is 11.4 Å². The molecule has 5 nitrogen and oxygen atoms in total. The molecular weight excluding hydrogens is 422 g/mol. The number of nitrogens with one attached hydrogen (secondary N) is 3. The number of hydrogen-bond donors (Lipinski definition) is 3. The molecule has 3 aromatic rings. The van der Waals surface area contributed by atoms with Crippen molar-refractivity contribution < 1.29 is 9.59 Å². The SMILES string of the molecule is Cc1ccc(NC(=O)C(NCc2cccc(NC(=O)C3CC3)c2)c2ccccc2)cc1Cl. The summed E-state index contributed by atoms with van der Waals surface area (Å²) in [5, 5.41) is 9.89. The predicted octanol–water partition coefficient (Wildman–Crippen LogP) is 5.47. The van der Waals surface area contributed by atoms with Gasteiger partial charge in [0.15, 0.2) is 0 Å². The Hall–Kier alpha value is -3.15. The van der Waals surface area contributed by atoms with Gasteiger partial charge in [-0.05, 0) is 60.7 Å². The van der Waals surface area contributed by atoms with Crippen molar-refractivity contribution >= 4 is 34.8 Å². The van der Waals surface area contributed by atoms with Crippen LogP contribution in [0.25, 0.3) is 0 Å². The lowest BCUT2D eigenvalue weighted by molar-refractivity contribution is -0.118. The van der Waals surface area contributed by atoms with E-state index in [9.17, 15) is 9.59 Å². The molecule has 1 atom stereocenters. The molecule has 1 unspecified atom stereocenters. The predicted molar refractivity (Wildman–Crippen MR) is 129 cm³/mol. The van der Waals surface area contributed by atoms with Crippen molar-refractivity contribution in [2.24, 2.45) is 5.92 Å². The molecule has 4 rings (SSSR count). The van der Waals surface area contributed by atoms with E-state index in [1.165, 1.54) is 0 Å². The van der Waals surface area contributed by atoms with Crippen LogP contribution < -0.4 is 16.0 Å². The van der Waals surface area contributed by atoms with E-state index in [-0.39, 0.29) is 17.7 Å². The number of carbonyl (C=O) groups is 2. The zero-order valence-corrected chi connectivity index (χ0v) is 18.7. The van der Waals surface area contributed by atoms with Gasteiger partial charge in [-0.2, -0.15) is 0 Å². The summed E-state index contributed by atoms with van der Waals surface area (Å²) < 4.78 is 0. The van der Waals surface area contributed by atoms with Crippen molar-refractivity contribution in [3.05, 3.63) is 94.5 Å². The molecule has 1 fully saturated rings. The van der Waals surface area contributed by atoms with Gasteiger partial charge in [0.25, 0.3) is 0 Å². The minimum absolute atomic E-state index is 0.0772. The van der Waals surface area contributed by atoms with Crippen LogP contribution in [0.5, 0.6) is 0 Å². The fourth-order valence-corrected chi connectivity index (χ4v) is 3.64. The number of carbonyl (C=O) groups excluding carboxylic acids is 2. The molecular formula is C26H26ClN3O2. The third-order valence-electron chi connectivity index (χ3n) is 5.49. The fraction of sp³-hybridized carbons (Fsp3) is 0.231. The third kappa shape index (κ3) is 5.75. The highest BCUT2D eigenvalue weighted by molar-refractivity contribution is 6.31.